The Kier molecular flexibility index (Phi) is 5.96. The largest absolute Gasteiger partial charge is 0.417 e. The highest BCUT2D eigenvalue weighted by Gasteiger charge is 2.44. The van der Waals surface area contributed by atoms with Gasteiger partial charge in [-0.1, -0.05) is 23.4 Å². The monoisotopic (exact) mass is 479 g/mol. The number of carbonyl (C=O) groups is 1. The summed E-state index contributed by atoms with van der Waals surface area (Å²) in [5.41, 5.74) is 5.76. The fourth-order valence-electron chi connectivity index (χ4n) is 3.03. The second kappa shape index (κ2) is 8.88. The first kappa shape index (κ1) is 22.8. The average Bonchev–Trinajstić information content (AvgIpc) is 3.43. The number of amides is 1. The number of primary amides is 1. The molecule has 0 spiro atoms. The fourth-order valence-corrected chi connectivity index (χ4v) is 3.03. The van der Waals surface area contributed by atoms with Crippen LogP contribution in [0.15, 0.2) is 53.4 Å². The first-order chi connectivity index (χ1) is 16.1. The summed E-state index contributed by atoms with van der Waals surface area (Å²) in [6.07, 6.45) is -3.18. The van der Waals surface area contributed by atoms with Gasteiger partial charge in [0.15, 0.2) is 17.5 Å². The number of nitrogens with one attached hydrogen (secondary N) is 1. The molecule has 3 aromatic heterocycles. The third-order valence-electron chi connectivity index (χ3n) is 4.62. The zero-order valence-corrected chi connectivity index (χ0v) is 16.9. The molecular weight excluding hydrogens is 465 g/mol. The first-order valence-corrected chi connectivity index (χ1v) is 9.51. The molecule has 1 atom stereocenters. The molecule has 4 aromatic rings. The van der Waals surface area contributed by atoms with E-state index in [1.807, 2.05) is 0 Å². The van der Waals surface area contributed by atoms with E-state index in [1.165, 1.54) is 35.2 Å². The standard InChI is InChI=1S/C20H14F5N7O2/c21-11-4-2-1-3-10(11)9-32-15(13-5-6-34-31-13)7-14(30-32)19-27-8-12(22)18(29-19)28-16(17(26)33)20(23,24)25/h1-8,16H,9H2,(H2,26,33)(H,27,28,29). The molecule has 14 heteroatoms. The Morgan fingerprint density at radius 1 is 1.15 bits per heavy atom. The number of nitrogens with zero attached hydrogens (tertiary/aromatic N) is 5. The number of nitrogens with two attached hydrogens (primary N) is 1. The highest BCUT2D eigenvalue weighted by atomic mass is 19.4. The van der Waals surface area contributed by atoms with Crippen LogP contribution in [-0.4, -0.2) is 43.0 Å². The molecule has 0 aliphatic heterocycles. The maximum absolute atomic E-state index is 14.2. The van der Waals surface area contributed by atoms with Crippen LogP contribution in [0.1, 0.15) is 5.56 Å². The van der Waals surface area contributed by atoms with E-state index in [2.05, 4.69) is 20.2 Å². The van der Waals surface area contributed by atoms with E-state index in [0.29, 0.717) is 23.1 Å². The van der Waals surface area contributed by atoms with Crippen LogP contribution < -0.4 is 11.1 Å². The van der Waals surface area contributed by atoms with Crippen molar-refractivity contribution in [2.24, 2.45) is 5.73 Å². The molecule has 34 heavy (non-hydrogen) atoms. The Hall–Kier alpha value is -4.36. The number of anilines is 1. The van der Waals surface area contributed by atoms with Crippen molar-refractivity contribution in [3.05, 3.63) is 66.1 Å². The lowest BCUT2D eigenvalue weighted by Gasteiger charge is -2.19. The summed E-state index contributed by atoms with van der Waals surface area (Å²) in [5, 5.41) is 9.76. The Morgan fingerprint density at radius 2 is 1.91 bits per heavy atom. The van der Waals surface area contributed by atoms with Crippen LogP contribution in [0.3, 0.4) is 0 Å². The number of aromatic nitrogens is 5. The van der Waals surface area contributed by atoms with Crippen LogP contribution in [-0.2, 0) is 11.3 Å². The van der Waals surface area contributed by atoms with Crippen LogP contribution in [0.5, 0.6) is 0 Å². The summed E-state index contributed by atoms with van der Waals surface area (Å²) in [4.78, 5) is 18.7. The van der Waals surface area contributed by atoms with Gasteiger partial charge >= 0.3 is 6.18 Å². The van der Waals surface area contributed by atoms with Crippen molar-refractivity contribution in [3.63, 3.8) is 0 Å². The van der Waals surface area contributed by atoms with Crippen LogP contribution in [0.4, 0.5) is 27.8 Å². The lowest BCUT2D eigenvalue weighted by atomic mass is 10.2. The SMILES string of the molecule is NC(=O)C(Nc1nc(-c2cc(-c3ccon3)n(Cc3ccccc3F)n2)ncc1F)C(F)(F)F. The Labute approximate surface area is 187 Å². The molecule has 0 fully saturated rings. The van der Waals surface area contributed by atoms with Crippen molar-refractivity contribution in [1.29, 1.82) is 0 Å². The van der Waals surface area contributed by atoms with Gasteiger partial charge in [0.25, 0.3) is 0 Å². The van der Waals surface area contributed by atoms with Crippen LogP contribution in [0.2, 0.25) is 0 Å². The van der Waals surface area contributed by atoms with Crippen LogP contribution >= 0.6 is 0 Å². The van der Waals surface area contributed by atoms with Crippen molar-refractivity contribution in [3.8, 4) is 22.9 Å². The Bertz CT molecular complexity index is 1320. The number of rotatable bonds is 7. The van der Waals surface area contributed by atoms with Crippen molar-refractivity contribution in [1.82, 2.24) is 24.9 Å². The summed E-state index contributed by atoms with van der Waals surface area (Å²) >= 11 is 0. The predicted octanol–water partition coefficient (Wildman–Crippen LogP) is 3.15. The van der Waals surface area contributed by atoms with Crippen molar-refractivity contribution < 1.29 is 31.3 Å². The van der Waals surface area contributed by atoms with E-state index in [0.717, 1.165) is 0 Å². The summed E-state index contributed by atoms with van der Waals surface area (Å²) < 4.78 is 73.7. The lowest BCUT2D eigenvalue weighted by Crippen LogP contribution is -2.47. The molecule has 0 radical (unpaired) electrons. The molecule has 1 aromatic carbocycles. The minimum atomic E-state index is -5.09. The van der Waals surface area contributed by atoms with E-state index in [-0.39, 0.29) is 18.1 Å². The van der Waals surface area contributed by atoms with Gasteiger partial charge in [-0.2, -0.15) is 18.3 Å². The highest BCUT2D eigenvalue weighted by molar-refractivity contribution is 5.83. The van der Waals surface area contributed by atoms with Crippen molar-refractivity contribution in [2.75, 3.05) is 5.32 Å². The third kappa shape index (κ3) is 4.69. The van der Waals surface area contributed by atoms with Gasteiger partial charge in [-0.3, -0.25) is 9.48 Å². The van der Waals surface area contributed by atoms with E-state index in [4.69, 9.17) is 10.3 Å². The van der Waals surface area contributed by atoms with Gasteiger partial charge < -0.3 is 15.6 Å². The van der Waals surface area contributed by atoms with Gasteiger partial charge in [-0.05, 0) is 12.1 Å². The van der Waals surface area contributed by atoms with Crippen molar-refractivity contribution in [2.45, 2.75) is 18.8 Å². The number of alkyl halides is 3. The Morgan fingerprint density at radius 3 is 2.56 bits per heavy atom. The molecule has 0 saturated heterocycles. The minimum Gasteiger partial charge on any atom is -0.368 e. The number of benzene rings is 1. The molecule has 1 amide bonds. The van der Waals surface area contributed by atoms with Crippen LogP contribution in [0, 0.1) is 11.6 Å². The molecule has 3 heterocycles. The third-order valence-corrected chi connectivity index (χ3v) is 4.62. The summed E-state index contributed by atoms with van der Waals surface area (Å²) in [6, 6.07) is 6.02. The molecule has 0 bridgehead atoms. The first-order valence-electron chi connectivity index (χ1n) is 9.51. The topological polar surface area (TPSA) is 125 Å². The quantitative estimate of drug-likeness (QED) is 0.390. The molecule has 0 aliphatic carbocycles. The van der Waals surface area contributed by atoms with Gasteiger partial charge in [-0.25, -0.2) is 18.7 Å². The predicted molar refractivity (Wildman–Crippen MR) is 107 cm³/mol. The van der Waals surface area contributed by atoms with E-state index >= 15 is 0 Å². The zero-order valence-electron chi connectivity index (χ0n) is 16.9. The summed E-state index contributed by atoms with van der Waals surface area (Å²) in [7, 11) is 0. The van der Waals surface area contributed by atoms with Crippen molar-refractivity contribution >= 4 is 11.7 Å². The fraction of sp³-hybridized carbons (Fsp3) is 0.150. The molecule has 9 nitrogen and oxygen atoms in total. The molecule has 176 valence electrons. The lowest BCUT2D eigenvalue weighted by molar-refractivity contribution is -0.157. The average molecular weight is 479 g/mol. The molecule has 1 unspecified atom stereocenters. The maximum atomic E-state index is 14.2. The zero-order chi connectivity index (χ0) is 24.5. The van der Waals surface area contributed by atoms with Gasteiger partial charge in [-0.15, -0.1) is 0 Å². The summed E-state index contributed by atoms with van der Waals surface area (Å²) in [6.45, 7) is -0.0427. The number of halogens is 5. The van der Waals surface area contributed by atoms with Crippen LogP contribution in [0.25, 0.3) is 22.9 Å². The number of hydrogen-bond donors (Lipinski definition) is 2. The Balaban J connectivity index is 1.74. The molecule has 0 saturated carbocycles. The van der Waals surface area contributed by atoms with E-state index < -0.39 is 35.6 Å². The second-order valence-corrected chi connectivity index (χ2v) is 6.96. The summed E-state index contributed by atoms with van der Waals surface area (Å²) in [5.74, 6) is -4.68. The highest BCUT2D eigenvalue weighted by Crippen LogP contribution is 2.28. The number of hydrogen-bond acceptors (Lipinski definition) is 7. The normalized spacial score (nSPS) is 12.5. The smallest absolute Gasteiger partial charge is 0.368 e. The number of carbonyl (C=O) groups excluding carboxylic acids is 1. The van der Waals surface area contributed by atoms with Gasteiger partial charge in [0, 0.05) is 11.6 Å². The van der Waals surface area contributed by atoms with Gasteiger partial charge in [0.2, 0.25) is 11.9 Å². The van der Waals surface area contributed by atoms with Gasteiger partial charge in [0.05, 0.1) is 18.4 Å². The maximum Gasteiger partial charge on any atom is 0.417 e. The minimum absolute atomic E-state index is 0.0139. The van der Waals surface area contributed by atoms with Gasteiger partial charge in [0.1, 0.15) is 23.5 Å². The van der Waals surface area contributed by atoms with E-state index in [9.17, 15) is 26.7 Å². The molecular formula is C20H14F5N7O2. The molecule has 3 N–H and O–H groups in total. The van der Waals surface area contributed by atoms with E-state index in [1.54, 1.807) is 17.4 Å². The molecule has 4 rings (SSSR count). The second-order valence-electron chi connectivity index (χ2n) is 6.96. The molecule has 0 aliphatic rings.